The van der Waals surface area contributed by atoms with Crippen LogP contribution in [0.25, 0.3) is 0 Å². The number of carbonyl (C=O) groups excluding carboxylic acids is 1. The molecule has 1 unspecified atom stereocenters. The Labute approximate surface area is 94.5 Å². The molecule has 1 aromatic heterocycles. The molecule has 3 nitrogen and oxygen atoms in total. The molecule has 1 heterocycles. The van der Waals surface area contributed by atoms with Crippen molar-refractivity contribution in [2.75, 3.05) is 7.11 Å². The molecular weight excluding hydrogens is 210 g/mol. The van der Waals surface area contributed by atoms with Crippen molar-refractivity contribution < 1.29 is 9.53 Å². The molecule has 0 aliphatic rings. The standard InChI is InChI=1S/C11H17NO2S/c1-7(2)5-8(3)10-12-9(6-15-10)11(13)14-4/h6-8H,5H2,1-4H3. The molecule has 1 atom stereocenters. The second-order valence-electron chi connectivity index (χ2n) is 4.09. The van der Waals surface area contributed by atoms with Gasteiger partial charge in [0.25, 0.3) is 0 Å². The van der Waals surface area contributed by atoms with Crippen molar-refractivity contribution in [3.8, 4) is 0 Å². The van der Waals surface area contributed by atoms with Crippen LogP contribution in [0.15, 0.2) is 5.38 Å². The Morgan fingerprint density at radius 3 is 2.73 bits per heavy atom. The van der Waals surface area contributed by atoms with Crippen LogP contribution in [0.4, 0.5) is 0 Å². The molecular formula is C11H17NO2S. The number of rotatable bonds is 4. The number of hydrogen-bond acceptors (Lipinski definition) is 4. The van der Waals surface area contributed by atoms with Gasteiger partial charge in [0.2, 0.25) is 0 Å². The Hall–Kier alpha value is -0.900. The summed E-state index contributed by atoms with van der Waals surface area (Å²) in [5, 5.41) is 2.78. The zero-order valence-electron chi connectivity index (χ0n) is 9.61. The lowest BCUT2D eigenvalue weighted by atomic mass is 10.00. The number of ether oxygens (including phenoxy) is 1. The molecule has 0 N–H and O–H groups in total. The summed E-state index contributed by atoms with van der Waals surface area (Å²) in [5.74, 6) is 0.702. The molecule has 0 amide bonds. The maximum absolute atomic E-state index is 11.2. The van der Waals surface area contributed by atoms with Gasteiger partial charge in [-0.1, -0.05) is 20.8 Å². The van der Waals surface area contributed by atoms with E-state index in [0.29, 0.717) is 17.5 Å². The topological polar surface area (TPSA) is 39.2 Å². The van der Waals surface area contributed by atoms with Crippen molar-refractivity contribution in [1.82, 2.24) is 4.98 Å². The van der Waals surface area contributed by atoms with Crippen LogP contribution in [0.5, 0.6) is 0 Å². The molecule has 0 bridgehead atoms. The van der Waals surface area contributed by atoms with Crippen LogP contribution >= 0.6 is 11.3 Å². The summed E-state index contributed by atoms with van der Waals surface area (Å²) in [7, 11) is 1.37. The van der Waals surface area contributed by atoms with Crippen LogP contribution in [0.3, 0.4) is 0 Å². The van der Waals surface area contributed by atoms with Crippen LogP contribution in [0.1, 0.15) is 48.6 Å². The minimum Gasteiger partial charge on any atom is -0.464 e. The fraction of sp³-hybridized carbons (Fsp3) is 0.636. The molecule has 0 saturated heterocycles. The van der Waals surface area contributed by atoms with Gasteiger partial charge in [0.05, 0.1) is 12.1 Å². The van der Waals surface area contributed by atoms with Crippen LogP contribution in [0.2, 0.25) is 0 Å². The number of methoxy groups -OCH3 is 1. The second-order valence-corrected chi connectivity index (χ2v) is 4.98. The lowest BCUT2D eigenvalue weighted by molar-refractivity contribution is 0.0594. The summed E-state index contributed by atoms with van der Waals surface area (Å²) in [6.07, 6.45) is 1.09. The highest BCUT2D eigenvalue weighted by molar-refractivity contribution is 7.09. The van der Waals surface area contributed by atoms with E-state index in [1.807, 2.05) is 0 Å². The predicted molar refractivity (Wildman–Crippen MR) is 61.3 cm³/mol. The summed E-state index contributed by atoms with van der Waals surface area (Å²) < 4.78 is 4.62. The molecule has 84 valence electrons. The molecule has 0 radical (unpaired) electrons. The van der Waals surface area contributed by atoms with Gasteiger partial charge in [-0.25, -0.2) is 9.78 Å². The van der Waals surface area contributed by atoms with Gasteiger partial charge in [0, 0.05) is 11.3 Å². The fourth-order valence-electron chi connectivity index (χ4n) is 1.52. The van der Waals surface area contributed by atoms with Gasteiger partial charge in [-0.05, 0) is 12.3 Å². The van der Waals surface area contributed by atoms with Crippen molar-refractivity contribution in [3.05, 3.63) is 16.1 Å². The third-order valence-corrected chi connectivity index (χ3v) is 3.24. The minimum absolute atomic E-state index is 0.353. The summed E-state index contributed by atoms with van der Waals surface area (Å²) in [6.45, 7) is 6.51. The van der Waals surface area contributed by atoms with Crippen molar-refractivity contribution >= 4 is 17.3 Å². The molecule has 1 rings (SSSR count). The first-order valence-electron chi connectivity index (χ1n) is 5.08. The Kier molecular flexibility index (Phi) is 4.27. The maximum atomic E-state index is 11.2. The zero-order valence-corrected chi connectivity index (χ0v) is 10.4. The highest BCUT2D eigenvalue weighted by Gasteiger charge is 2.15. The Morgan fingerprint density at radius 2 is 2.20 bits per heavy atom. The lowest BCUT2D eigenvalue weighted by Gasteiger charge is -2.10. The quantitative estimate of drug-likeness (QED) is 0.742. The highest BCUT2D eigenvalue weighted by Crippen LogP contribution is 2.26. The zero-order chi connectivity index (χ0) is 11.4. The van der Waals surface area contributed by atoms with E-state index >= 15 is 0 Å². The molecule has 0 saturated carbocycles. The summed E-state index contributed by atoms with van der Waals surface area (Å²) in [5.41, 5.74) is 0.424. The first-order chi connectivity index (χ1) is 7.04. The van der Waals surface area contributed by atoms with Crippen molar-refractivity contribution in [2.24, 2.45) is 5.92 Å². The van der Waals surface area contributed by atoms with E-state index in [0.717, 1.165) is 11.4 Å². The molecule has 0 fully saturated rings. The number of carbonyl (C=O) groups is 1. The van der Waals surface area contributed by atoms with E-state index < -0.39 is 0 Å². The van der Waals surface area contributed by atoms with E-state index in [1.54, 1.807) is 5.38 Å². The van der Waals surface area contributed by atoms with E-state index in [2.05, 4.69) is 30.5 Å². The van der Waals surface area contributed by atoms with Gasteiger partial charge >= 0.3 is 5.97 Å². The van der Waals surface area contributed by atoms with E-state index in [-0.39, 0.29) is 5.97 Å². The summed E-state index contributed by atoms with van der Waals surface area (Å²) in [6, 6.07) is 0. The largest absolute Gasteiger partial charge is 0.464 e. The van der Waals surface area contributed by atoms with Gasteiger partial charge in [-0.2, -0.15) is 0 Å². The van der Waals surface area contributed by atoms with Gasteiger partial charge in [-0.15, -0.1) is 11.3 Å². The highest BCUT2D eigenvalue weighted by atomic mass is 32.1. The van der Waals surface area contributed by atoms with Gasteiger partial charge in [0.1, 0.15) is 0 Å². The van der Waals surface area contributed by atoms with Gasteiger partial charge in [-0.3, -0.25) is 0 Å². The SMILES string of the molecule is COC(=O)c1csc(C(C)CC(C)C)n1. The van der Waals surface area contributed by atoms with E-state index in [4.69, 9.17) is 0 Å². The average molecular weight is 227 g/mol. The fourth-order valence-corrected chi connectivity index (χ4v) is 2.38. The van der Waals surface area contributed by atoms with E-state index in [9.17, 15) is 4.79 Å². The molecule has 0 spiro atoms. The smallest absolute Gasteiger partial charge is 0.357 e. The summed E-state index contributed by atoms with van der Waals surface area (Å²) in [4.78, 5) is 15.5. The number of nitrogens with zero attached hydrogens (tertiary/aromatic N) is 1. The van der Waals surface area contributed by atoms with Crippen molar-refractivity contribution in [3.63, 3.8) is 0 Å². The van der Waals surface area contributed by atoms with Gasteiger partial charge in [0.15, 0.2) is 5.69 Å². The maximum Gasteiger partial charge on any atom is 0.357 e. The molecule has 0 aromatic carbocycles. The second kappa shape index (κ2) is 5.26. The number of esters is 1. The number of aromatic nitrogens is 1. The Balaban J connectivity index is 2.71. The van der Waals surface area contributed by atoms with Crippen LogP contribution in [-0.4, -0.2) is 18.1 Å². The Morgan fingerprint density at radius 1 is 1.53 bits per heavy atom. The van der Waals surface area contributed by atoms with Gasteiger partial charge < -0.3 is 4.74 Å². The third kappa shape index (κ3) is 3.30. The number of thiazole rings is 1. The van der Waals surface area contributed by atoms with Crippen molar-refractivity contribution in [2.45, 2.75) is 33.1 Å². The first-order valence-corrected chi connectivity index (χ1v) is 5.96. The molecule has 1 aromatic rings. The minimum atomic E-state index is -0.353. The molecule has 15 heavy (non-hydrogen) atoms. The molecule has 4 heteroatoms. The first kappa shape index (κ1) is 12.2. The summed E-state index contributed by atoms with van der Waals surface area (Å²) >= 11 is 1.53. The van der Waals surface area contributed by atoms with Crippen LogP contribution in [0, 0.1) is 5.92 Å². The number of hydrogen-bond donors (Lipinski definition) is 0. The third-order valence-electron chi connectivity index (χ3n) is 2.16. The molecule has 0 aliphatic heterocycles. The predicted octanol–water partition coefficient (Wildman–Crippen LogP) is 3.08. The molecule has 0 aliphatic carbocycles. The average Bonchev–Trinajstić information content (AvgIpc) is 2.64. The Bertz CT molecular complexity index is 333. The van der Waals surface area contributed by atoms with E-state index in [1.165, 1.54) is 18.4 Å². The van der Waals surface area contributed by atoms with Crippen molar-refractivity contribution in [1.29, 1.82) is 0 Å². The lowest BCUT2D eigenvalue weighted by Crippen LogP contribution is -2.03. The van der Waals surface area contributed by atoms with Crippen LogP contribution < -0.4 is 0 Å². The normalized spacial score (nSPS) is 12.9. The monoisotopic (exact) mass is 227 g/mol. The van der Waals surface area contributed by atoms with Crippen LogP contribution in [-0.2, 0) is 4.74 Å².